The summed E-state index contributed by atoms with van der Waals surface area (Å²) < 4.78 is 15.4. The Morgan fingerprint density at radius 2 is 2.00 bits per heavy atom. The predicted octanol–water partition coefficient (Wildman–Crippen LogP) is 4.14. The van der Waals surface area contributed by atoms with Crippen molar-refractivity contribution in [1.29, 1.82) is 0 Å². The van der Waals surface area contributed by atoms with Gasteiger partial charge in [0.1, 0.15) is 11.6 Å². The molecule has 0 radical (unpaired) electrons. The molecule has 108 valence electrons. The van der Waals surface area contributed by atoms with E-state index < -0.39 is 0 Å². The van der Waals surface area contributed by atoms with E-state index in [2.05, 4.69) is 29.7 Å². The van der Waals surface area contributed by atoms with E-state index in [1.165, 1.54) is 17.7 Å². The molecule has 0 unspecified atom stereocenters. The molecule has 3 nitrogen and oxygen atoms in total. The van der Waals surface area contributed by atoms with Gasteiger partial charge in [-0.15, -0.1) is 0 Å². The van der Waals surface area contributed by atoms with Crippen molar-refractivity contribution in [2.45, 2.75) is 26.8 Å². The first kappa shape index (κ1) is 13.6. The van der Waals surface area contributed by atoms with Crippen LogP contribution < -0.4 is 5.73 Å². The normalized spacial score (nSPS) is 11.2. The van der Waals surface area contributed by atoms with Gasteiger partial charge in [-0.1, -0.05) is 13.0 Å². The molecule has 0 spiro atoms. The molecule has 21 heavy (non-hydrogen) atoms. The predicted molar refractivity (Wildman–Crippen MR) is 84.6 cm³/mol. The Kier molecular flexibility index (Phi) is 3.37. The van der Waals surface area contributed by atoms with Crippen LogP contribution in [0.25, 0.3) is 22.4 Å². The summed E-state index contributed by atoms with van der Waals surface area (Å²) in [5.41, 5.74) is 10.4. The zero-order valence-electron chi connectivity index (χ0n) is 12.2. The Bertz CT molecular complexity index is 805. The zero-order valence-corrected chi connectivity index (χ0v) is 12.2. The molecule has 0 atom stereocenters. The first-order chi connectivity index (χ1) is 10.1. The number of halogens is 1. The SMILES string of the molecule is CCCn1c(-c2ccc(F)cc2N)nc2cc(C)ccc21. The number of hydrogen-bond acceptors (Lipinski definition) is 2. The molecule has 4 heteroatoms. The molecule has 0 saturated heterocycles. The van der Waals surface area contributed by atoms with Crippen LogP contribution in [0.15, 0.2) is 36.4 Å². The number of nitrogens with zero attached hydrogens (tertiary/aromatic N) is 2. The number of aromatic nitrogens is 2. The number of anilines is 1. The number of aryl methyl sites for hydroxylation is 2. The van der Waals surface area contributed by atoms with Crippen molar-refractivity contribution in [3.63, 3.8) is 0 Å². The van der Waals surface area contributed by atoms with Crippen molar-refractivity contribution in [1.82, 2.24) is 9.55 Å². The maximum Gasteiger partial charge on any atom is 0.143 e. The van der Waals surface area contributed by atoms with Crippen molar-refractivity contribution in [2.24, 2.45) is 0 Å². The van der Waals surface area contributed by atoms with Crippen LogP contribution in [0.3, 0.4) is 0 Å². The van der Waals surface area contributed by atoms with E-state index in [4.69, 9.17) is 10.7 Å². The number of imidazole rings is 1. The maximum absolute atomic E-state index is 13.3. The van der Waals surface area contributed by atoms with Crippen LogP contribution >= 0.6 is 0 Å². The fourth-order valence-corrected chi connectivity index (χ4v) is 2.63. The number of fused-ring (bicyclic) bond motifs is 1. The highest BCUT2D eigenvalue weighted by atomic mass is 19.1. The quantitative estimate of drug-likeness (QED) is 0.734. The highest BCUT2D eigenvalue weighted by Gasteiger charge is 2.14. The molecular weight excluding hydrogens is 265 g/mol. The van der Waals surface area contributed by atoms with Gasteiger partial charge in [-0.2, -0.15) is 0 Å². The largest absolute Gasteiger partial charge is 0.398 e. The Balaban J connectivity index is 2.27. The second-order valence-corrected chi connectivity index (χ2v) is 5.31. The van der Waals surface area contributed by atoms with E-state index in [1.807, 2.05) is 6.92 Å². The molecule has 2 N–H and O–H groups in total. The van der Waals surface area contributed by atoms with Crippen LogP contribution in [0, 0.1) is 12.7 Å². The number of rotatable bonds is 3. The third kappa shape index (κ3) is 2.37. The Morgan fingerprint density at radius 1 is 1.19 bits per heavy atom. The van der Waals surface area contributed by atoms with Gasteiger partial charge in [-0.25, -0.2) is 9.37 Å². The topological polar surface area (TPSA) is 43.8 Å². The molecule has 0 aliphatic carbocycles. The van der Waals surface area contributed by atoms with Crippen molar-refractivity contribution >= 4 is 16.7 Å². The van der Waals surface area contributed by atoms with Gasteiger partial charge in [0.2, 0.25) is 0 Å². The summed E-state index contributed by atoms with van der Waals surface area (Å²) in [6, 6.07) is 10.7. The molecule has 1 heterocycles. The van der Waals surface area contributed by atoms with Crippen LogP contribution in [0.2, 0.25) is 0 Å². The van der Waals surface area contributed by atoms with E-state index in [0.717, 1.165) is 35.4 Å². The third-order valence-electron chi connectivity index (χ3n) is 3.61. The van der Waals surface area contributed by atoms with Crippen molar-refractivity contribution in [3.8, 4) is 11.4 Å². The highest BCUT2D eigenvalue weighted by Crippen LogP contribution is 2.30. The van der Waals surface area contributed by atoms with Gasteiger partial charge in [0.25, 0.3) is 0 Å². The molecule has 0 bridgehead atoms. The fraction of sp³-hybridized carbons (Fsp3) is 0.235. The third-order valence-corrected chi connectivity index (χ3v) is 3.61. The summed E-state index contributed by atoms with van der Waals surface area (Å²) in [5, 5.41) is 0. The molecule has 2 aromatic carbocycles. The molecule has 0 aliphatic heterocycles. The molecule has 3 aromatic rings. The van der Waals surface area contributed by atoms with E-state index in [-0.39, 0.29) is 5.82 Å². The average molecular weight is 283 g/mol. The van der Waals surface area contributed by atoms with Gasteiger partial charge >= 0.3 is 0 Å². The molecule has 0 aliphatic rings. The smallest absolute Gasteiger partial charge is 0.143 e. The average Bonchev–Trinajstić information content (AvgIpc) is 2.77. The number of nitrogens with two attached hydrogens (primary N) is 1. The molecule has 3 rings (SSSR count). The summed E-state index contributed by atoms with van der Waals surface area (Å²) in [6.45, 7) is 5.02. The van der Waals surface area contributed by atoms with E-state index in [0.29, 0.717) is 5.69 Å². The molecular formula is C17H18FN3. The summed E-state index contributed by atoms with van der Waals surface area (Å²) >= 11 is 0. The van der Waals surface area contributed by atoms with Gasteiger partial charge in [-0.3, -0.25) is 0 Å². The van der Waals surface area contributed by atoms with Crippen LogP contribution in [0.4, 0.5) is 10.1 Å². The second kappa shape index (κ2) is 5.20. The Labute approximate surface area is 123 Å². The van der Waals surface area contributed by atoms with Crippen LogP contribution in [-0.2, 0) is 6.54 Å². The summed E-state index contributed by atoms with van der Waals surface area (Å²) in [6.07, 6.45) is 0.993. The fourth-order valence-electron chi connectivity index (χ4n) is 2.63. The monoisotopic (exact) mass is 283 g/mol. The van der Waals surface area contributed by atoms with Crippen molar-refractivity contribution in [2.75, 3.05) is 5.73 Å². The zero-order chi connectivity index (χ0) is 15.0. The number of benzene rings is 2. The summed E-state index contributed by atoms with van der Waals surface area (Å²) in [7, 11) is 0. The van der Waals surface area contributed by atoms with Crippen LogP contribution in [0.1, 0.15) is 18.9 Å². The minimum Gasteiger partial charge on any atom is -0.398 e. The highest BCUT2D eigenvalue weighted by molar-refractivity contribution is 5.84. The Morgan fingerprint density at radius 3 is 2.71 bits per heavy atom. The van der Waals surface area contributed by atoms with E-state index in [1.54, 1.807) is 6.07 Å². The van der Waals surface area contributed by atoms with Crippen LogP contribution in [0.5, 0.6) is 0 Å². The lowest BCUT2D eigenvalue weighted by molar-refractivity contribution is 0.628. The summed E-state index contributed by atoms with van der Waals surface area (Å²) in [4.78, 5) is 4.71. The molecule has 0 saturated carbocycles. The van der Waals surface area contributed by atoms with Gasteiger partial charge in [0.05, 0.1) is 11.0 Å². The first-order valence-electron chi connectivity index (χ1n) is 7.12. The van der Waals surface area contributed by atoms with Gasteiger partial charge in [-0.05, 0) is 49.2 Å². The molecule has 0 fully saturated rings. The minimum atomic E-state index is -0.328. The summed E-state index contributed by atoms with van der Waals surface area (Å²) in [5.74, 6) is 0.472. The molecule has 1 aromatic heterocycles. The number of nitrogen functional groups attached to an aromatic ring is 1. The lowest BCUT2D eigenvalue weighted by Gasteiger charge is -2.10. The van der Waals surface area contributed by atoms with Crippen LogP contribution in [-0.4, -0.2) is 9.55 Å². The lowest BCUT2D eigenvalue weighted by Crippen LogP contribution is -2.02. The number of hydrogen-bond donors (Lipinski definition) is 1. The van der Waals surface area contributed by atoms with E-state index >= 15 is 0 Å². The molecule has 0 amide bonds. The minimum absolute atomic E-state index is 0.328. The lowest BCUT2D eigenvalue weighted by atomic mass is 10.1. The second-order valence-electron chi connectivity index (χ2n) is 5.31. The van der Waals surface area contributed by atoms with Gasteiger partial charge < -0.3 is 10.3 Å². The maximum atomic E-state index is 13.3. The van der Waals surface area contributed by atoms with Gasteiger partial charge in [0.15, 0.2) is 0 Å². The van der Waals surface area contributed by atoms with Crippen molar-refractivity contribution < 1.29 is 4.39 Å². The standard InChI is InChI=1S/C17H18FN3/c1-3-8-21-16-7-4-11(2)9-15(16)20-17(21)13-6-5-12(18)10-14(13)19/h4-7,9-10H,3,8,19H2,1-2H3. The van der Waals surface area contributed by atoms with E-state index in [9.17, 15) is 4.39 Å². The van der Waals surface area contributed by atoms with Gasteiger partial charge in [0, 0.05) is 17.8 Å². The van der Waals surface area contributed by atoms with Crippen molar-refractivity contribution in [3.05, 3.63) is 47.8 Å². The first-order valence-corrected chi connectivity index (χ1v) is 7.12. The Hall–Kier alpha value is -2.36.